The van der Waals surface area contributed by atoms with Crippen molar-refractivity contribution >= 4 is 11.6 Å². The van der Waals surface area contributed by atoms with Crippen LogP contribution in [0.4, 0.5) is 0 Å². The Morgan fingerprint density at radius 1 is 0.545 bits per heavy atom. The molecule has 5 nitrogen and oxygen atoms in total. The lowest BCUT2D eigenvalue weighted by Crippen LogP contribution is -2.01. The van der Waals surface area contributed by atoms with Crippen LogP contribution in [0, 0.1) is 0 Å². The first-order chi connectivity index (χ1) is 16.2. The Morgan fingerprint density at radius 3 is 1.39 bits per heavy atom. The SMILES string of the molecule is O=C(c1ccccc1)c1ccc(Cc2ccc(Cc3ccc(C(=O)c4ccccc4)[nH]3)o2)[nH]1. The van der Waals surface area contributed by atoms with Crippen molar-refractivity contribution in [3.63, 3.8) is 0 Å². The molecule has 3 aromatic heterocycles. The average Bonchev–Trinajstić information content (AvgIpc) is 3.62. The summed E-state index contributed by atoms with van der Waals surface area (Å²) < 4.78 is 5.99. The highest BCUT2D eigenvalue weighted by Gasteiger charge is 2.14. The minimum atomic E-state index is -0.0328. The summed E-state index contributed by atoms with van der Waals surface area (Å²) in [5.41, 5.74) is 4.25. The number of aromatic amines is 2. The maximum Gasteiger partial charge on any atom is 0.209 e. The van der Waals surface area contributed by atoms with Gasteiger partial charge in [-0.3, -0.25) is 9.59 Å². The van der Waals surface area contributed by atoms with Crippen molar-refractivity contribution in [1.82, 2.24) is 9.97 Å². The Morgan fingerprint density at radius 2 is 0.970 bits per heavy atom. The van der Waals surface area contributed by atoms with Gasteiger partial charge in [-0.2, -0.15) is 0 Å². The van der Waals surface area contributed by atoms with Crippen LogP contribution in [0.15, 0.2) is 101 Å². The highest BCUT2D eigenvalue weighted by molar-refractivity contribution is 6.08. The molecule has 2 aromatic carbocycles. The van der Waals surface area contributed by atoms with Crippen molar-refractivity contribution in [3.05, 3.63) is 142 Å². The highest BCUT2D eigenvalue weighted by atomic mass is 16.3. The van der Waals surface area contributed by atoms with Crippen molar-refractivity contribution in [2.45, 2.75) is 12.8 Å². The van der Waals surface area contributed by atoms with Gasteiger partial charge in [0.15, 0.2) is 0 Å². The quantitative estimate of drug-likeness (QED) is 0.313. The molecule has 0 aliphatic carbocycles. The largest absolute Gasteiger partial charge is 0.465 e. The second kappa shape index (κ2) is 9.01. The molecular weight excluding hydrogens is 412 g/mol. The molecule has 0 saturated heterocycles. The number of benzene rings is 2. The number of ketones is 2. The Balaban J connectivity index is 1.23. The summed E-state index contributed by atoms with van der Waals surface area (Å²) in [6, 6.07) is 29.7. The summed E-state index contributed by atoms with van der Waals surface area (Å²) in [4.78, 5) is 31.5. The first kappa shape index (κ1) is 20.5. The van der Waals surface area contributed by atoms with Gasteiger partial charge in [0.25, 0.3) is 0 Å². The molecule has 0 saturated carbocycles. The third kappa shape index (κ3) is 4.62. The van der Waals surface area contributed by atoms with Crippen LogP contribution in [0.3, 0.4) is 0 Å². The average molecular weight is 434 g/mol. The maximum absolute atomic E-state index is 12.6. The summed E-state index contributed by atoms with van der Waals surface area (Å²) in [5, 5.41) is 0. The van der Waals surface area contributed by atoms with E-state index in [0.29, 0.717) is 35.4 Å². The van der Waals surface area contributed by atoms with Crippen LogP contribution >= 0.6 is 0 Å². The molecule has 33 heavy (non-hydrogen) atoms. The Labute approximate surface area is 191 Å². The van der Waals surface area contributed by atoms with E-state index in [1.54, 1.807) is 36.4 Å². The zero-order chi connectivity index (χ0) is 22.6. The van der Waals surface area contributed by atoms with Crippen LogP contribution in [0.1, 0.15) is 55.0 Å². The standard InChI is InChI=1S/C28H22N2O3/c31-27(19-7-3-1-4-8-19)25-15-11-21(29-25)17-23-13-14-24(33-23)18-22-12-16-26(30-22)28(32)20-9-5-2-6-10-20/h1-16,29-30H,17-18H2. The molecular formula is C28H22N2O3. The number of carbonyl (C=O) groups excluding carboxylic acids is 2. The van der Waals surface area contributed by atoms with E-state index in [0.717, 1.165) is 22.9 Å². The van der Waals surface area contributed by atoms with Crippen molar-refractivity contribution < 1.29 is 14.0 Å². The second-order valence-electron chi connectivity index (χ2n) is 7.91. The number of H-pyrrole nitrogens is 2. The molecule has 0 aliphatic rings. The molecule has 162 valence electrons. The molecule has 0 bridgehead atoms. The summed E-state index contributed by atoms with van der Waals surface area (Å²) in [6.45, 7) is 0. The smallest absolute Gasteiger partial charge is 0.209 e. The lowest BCUT2D eigenvalue weighted by atomic mass is 10.1. The number of hydrogen-bond donors (Lipinski definition) is 2. The molecule has 0 unspecified atom stereocenters. The van der Waals surface area contributed by atoms with E-state index >= 15 is 0 Å². The molecule has 0 amide bonds. The second-order valence-corrected chi connectivity index (χ2v) is 7.91. The van der Waals surface area contributed by atoms with Gasteiger partial charge in [0.1, 0.15) is 11.5 Å². The normalized spacial score (nSPS) is 10.9. The summed E-state index contributed by atoms with van der Waals surface area (Å²) in [7, 11) is 0. The molecule has 3 heterocycles. The van der Waals surface area contributed by atoms with Crippen molar-refractivity contribution in [2.24, 2.45) is 0 Å². The van der Waals surface area contributed by atoms with Gasteiger partial charge in [0.2, 0.25) is 11.6 Å². The Bertz CT molecular complexity index is 1280. The minimum Gasteiger partial charge on any atom is -0.465 e. The minimum absolute atomic E-state index is 0.0328. The van der Waals surface area contributed by atoms with E-state index in [-0.39, 0.29) is 11.6 Å². The molecule has 5 aromatic rings. The molecule has 0 aliphatic heterocycles. The van der Waals surface area contributed by atoms with Crippen LogP contribution in [0.2, 0.25) is 0 Å². The monoisotopic (exact) mass is 434 g/mol. The number of carbonyl (C=O) groups is 2. The van der Waals surface area contributed by atoms with Crippen LogP contribution in [-0.4, -0.2) is 21.5 Å². The molecule has 5 heteroatoms. The van der Waals surface area contributed by atoms with E-state index in [2.05, 4.69) is 9.97 Å². The Kier molecular flexibility index (Phi) is 5.60. The predicted octanol–water partition coefficient (Wildman–Crippen LogP) is 5.58. The number of aromatic nitrogens is 2. The molecule has 2 N–H and O–H groups in total. The molecule has 0 atom stereocenters. The number of nitrogens with one attached hydrogen (secondary N) is 2. The van der Waals surface area contributed by atoms with Gasteiger partial charge in [-0.05, 0) is 36.4 Å². The molecule has 0 spiro atoms. The number of hydrogen-bond acceptors (Lipinski definition) is 3. The van der Waals surface area contributed by atoms with Gasteiger partial charge < -0.3 is 14.4 Å². The van der Waals surface area contributed by atoms with Gasteiger partial charge in [-0.25, -0.2) is 0 Å². The first-order valence-corrected chi connectivity index (χ1v) is 10.8. The van der Waals surface area contributed by atoms with E-state index in [1.807, 2.05) is 60.7 Å². The van der Waals surface area contributed by atoms with Gasteiger partial charge in [-0.1, -0.05) is 60.7 Å². The third-order valence-corrected chi connectivity index (χ3v) is 5.50. The molecule has 0 fully saturated rings. The maximum atomic E-state index is 12.6. The van der Waals surface area contributed by atoms with E-state index in [1.165, 1.54) is 0 Å². The zero-order valence-corrected chi connectivity index (χ0v) is 17.9. The lowest BCUT2D eigenvalue weighted by Gasteiger charge is -1.99. The van der Waals surface area contributed by atoms with E-state index < -0.39 is 0 Å². The topological polar surface area (TPSA) is 78.9 Å². The fraction of sp³-hybridized carbons (Fsp3) is 0.0714. The fourth-order valence-corrected chi connectivity index (χ4v) is 3.83. The predicted molar refractivity (Wildman–Crippen MR) is 126 cm³/mol. The van der Waals surface area contributed by atoms with Crippen LogP contribution in [0.25, 0.3) is 0 Å². The van der Waals surface area contributed by atoms with Crippen LogP contribution in [0.5, 0.6) is 0 Å². The van der Waals surface area contributed by atoms with Crippen molar-refractivity contribution in [3.8, 4) is 0 Å². The fourth-order valence-electron chi connectivity index (χ4n) is 3.83. The van der Waals surface area contributed by atoms with Crippen molar-refractivity contribution in [2.75, 3.05) is 0 Å². The number of furan rings is 1. The van der Waals surface area contributed by atoms with Gasteiger partial charge in [0.05, 0.1) is 11.4 Å². The third-order valence-electron chi connectivity index (χ3n) is 5.50. The van der Waals surface area contributed by atoms with Crippen molar-refractivity contribution in [1.29, 1.82) is 0 Å². The van der Waals surface area contributed by atoms with E-state index in [9.17, 15) is 9.59 Å². The van der Waals surface area contributed by atoms with E-state index in [4.69, 9.17) is 4.42 Å². The first-order valence-electron chi connectivity index (χ1n) is 10.8. The highest BCUT2D eigenvalue weighted by Crippen LogP contribution is 2.18. The zero-order valence-electron chi connectivity index (χ0n) is 17.9. The number of rotatable bonds is 8. The van der Waals surface area contributed by atoms with Crippen LogP contribution < -0.4 is 0 Å². The summed E-state index contributed by atoms with van der Waals surface area (Å²) >= 11 is 0. The van der Waals surface area contributed by atoms with Gasteiger partial charge in [0, 0.05) is 35.4 Å². The lowest BCUT2D eigenvalue weighted by molar-refractivity contribution is 0.102. The van der Waals surface area contributed by atoms with Crippen LogP contribution in [-0.2, 0) is 12.8 Å². The summed E-state index contributed by atoms with van der Waals surface area (Å²) in [6.07, 6.45) is 1.12. The Hall–Kier alpha value is -4.38. The van der Waals surface area contributed by atoms with Gasteiger partial charge >= 0.3 is 0 Å². The summed E-state index contributed by atoms with van der Waals surface area (Å²) in [5.74, 6) is 1.54. The molecule has 0 radical (unpaired) electrons. The van der Waals surface area contributed by atoms with Gasteiger partial charge in [-0.15, -0.1) is 0 Å². The molecule has 5 rings (SSSR count).